The Hall–Kier alpha value is -3.64. The molecule has 2 atom stereocenters. The molecule has 6 rings (SSSR count). The summed E-state index contributed by atoms with van der Waals surface area (Å²) in [5.74, 6) is 0.151. The third kappa shape index (κ3) is 5.30. The molecule has 202 valence electrons. The number of amides is 1. The van der Waals surface area contributed by atoms with Crippen molar-refractivity contribution in [2.75, 3.05) is 19.6 Å². The van der Waals surface area contributed by atoms with Crippen LogP contribution in [0.4, 0.5) is 0 Å². The lowest BCUT2D eigenvalue weighted by atomic mass is 9.89. The highest BCUT2D eigenvalue weighted by molar-refractivity contribution is 5.95. The van der Waals surface area contributed by atoms with E-state index in [9.17, 15) is 9.59 Å². The van der Waals surface area contributed by atoms with Crippen LogP contribution in [0.3, 0.4) is 0 Å². The number of hydrogen-bond acceptors (Lipinski definition) is 3. The molecule has 0 radical (unpaired) electrons. The third-order valence-corrected chi connectivity index (χ3v) is 8.74. The van der Waals surface area contributed by atoms with E-state index >= 15 is 0 Å². The van der Waals surface area contributed by atoms with Crippen LogP contribution < -0.4 is 5.69 Å². The number of aromatic nitrogens is 2. The Kier molecular flexibility index (Phi) is 7.13. The van der Waals surface area contributed by atoms with Gasteiger partial charge in [0.15, 0.2) is 0 Å². The molecule has 3 aromatic carbocycles. The average molecular weight is 523 g/mol. The molecule has 6 heteroatoms. The number of likely N-dealkylation sites (tertiary alicyclic amines) is 2. The molecule has 0 aliphatic carbocycles. The van der Waals surface area contributed by atoms with Gasteiger partial charge in [-0.05, 0) is 75.8 Å². The van der Waals surface area contributed by atoms with E-state index in [-0.39, 0.29) is 23.7 Å². The van der Waals surface area contributed by atoms with Crippen LogP contribution in [0.15, 0.2) is 77.6 Å². The molecule has 2 fully saturated rings. The normalized spacial score (nSPS) is 20.9. The first kappa shape index (κ1) is 25.6. The van der Waals surface area contributed by atoms with E-state index in [1.54, 1.807) is 0 Å². The van der Waals surface area contributed by atoms with Crippen molar-refractivity contribution in [3.63, 3.8) is 0 Å². The SMILES string of the molecule is Cc1cc(C)cc(C(=O)N2CCC(N3CCC(n4c(=O)[nH]c5ccccc54)CC3)CC2Cc2ccccc2)c1. The minimum absolute atomic E-state index is 0.00391. The quantitative estimate of drug-likeness (QED) is 0.377. The van der Waals surface area contributed by atoms with Crippen LogP contribution in [0.1, 0.15) is 58.8 Å². The number of piperidine rings is 2. The maximum atomic E-state index is 13.8. The Morgan fingerprint density at radius 1 is 0.846 bits per heavy atom. The molecule has 0 bridgehead atoms. The Morgan fingerprint density at radius 3 is 2.26 bits per heavy atom. The predicted molar refractivity (Wildman–Crippen MR) is 156 cm³/mol. The number of carbonyl (C=O) groups is 1. The summed E-state index contributed by atoms with van der Waals surface area (Å²) < 4.78 is 1.97. The molecule has 0 saturated carbocycles. The van der Waals surface area contributed by atoms with E-state index in [2.05, 4.69) is 65.0 Å². The highest BCUT2D eigenvalue weighted by atomic mass is 16.2. The van der Waals surface area contributed by atoms with Crippen molar-refractivity contribution in [1.29, 1.82) is 0 Å². The number of fused-ring (bicyclic) bond motifs is 1. The van der Waals surface area contributed by atoms with E-state index in [1.165, 1.54) is 5.56 Å². The third-order valence-electron chi connectivity index (χ3n) is 8.74. The van der Waals surface area contributed by atoms with Gasteiger partial charge < -0.3 is 14.8 Å². The van der Waals surface area contributed by atoms with Crippen LogP contribution in [0.5, 0.6) is 0 Å². The number of para-hydroxylation sites is 2. The van der Waals surface area contributed by atoms with E-state index in [0.717, 1.165) is 79.5 Å². The second-order valence-corrected chi connectivity index (χ2v) is 11.5. The molecule has 4 aromatic rings. The molecule has 1 amide bonds. The number of aryl methyl sites for hydroxylation is 2. The summed E-state index contributed by atoms with van der Waals surface area (Å²) in [5, 5.41) is 0. The molecule has 6 nitrogen and oxygen atoms in total. The second kappa shape index (κ2) is 10.9. The summed E-state index contributed by atoms with van der Waals surface area (Å²) in [6, 6.07) is 25.6. The molecule has 1 aromatic heterocycles. The zero-order chi connectivity index (χ0) is 26.9. The van der Waals surface area contributed by atoms with Crippen molar-refractivity contribution in [2.45, 2.75) is 64.1 Å². The van der Waals surface area contributed by atoms with Gasteiger partial charge in [0.1, 0.15) is 0 Å². The number of carbonyl (C=O) groups excluding carboxylic acids is 1. The molecule has 2 unspecified atom stereocenters. The first-order valence-corrected chi connectivity index (χ1v) is 14.3. The monoisotopic (exact) mass is 522 g/mol. The molecule has 2 aliphatic heterocycles. The summed E-state index contributed by atoms with van der Waals surface area (Å²) in [5.41, 5.74) is 6.25. The number of H-pyrrole nitrogens is 1. The fourth-order valence-electron chi connectivity index (χ4n) is 6.92. The number of nitrogens with one attached hydrogen (secondary N) is 1. The highest BCUT2D eigenvalue weighted by Crippen LogP contribution is 2.31. The summed E-state index contributed by atoms with van der Waals surface area (Å²) in [6.45, 7) is 6.85. The zero-order valence-corrected chi connectivity index (χ0v) is 23.0. The average Bonchev–Trinajstić information content (AvgIpc) is 3.28. The summed E-state index contributed by atoms with van der Waals surface area (Å²) in [7, 11) is 0. The molecule has 3 heterocycles. The Morgan fingerprint density at radius 2 is 1.51 bits per heavy atom. The fourth-order valence-corrected chi connectivity index (χ4v) is 6.92. The van der Waals surface area contributed by atoms with Crippen LogP contribution >= 0.6 is 0 Å². The van der Waals surface area contributed by atoms with Crippen LogP contribution in [0, 0.1) is 13.8 Å². The summed E-state index contributed by atoms with van der Waals surface area (Å²) in [6.07, 6.45) is 4.76. The van der Waals surface area contributed by atoms with Gasteiger partial charge in [0.2, 0.25) is 0 Å². The van der Waals surface area contributed by atoms with Gasteiger partial charge in [0.05, 0.1) is 11.0 Å². The number of hydrogen-bond donors (Lipinski definition) is 1. The predicted octanol–water partition coefficient (Wildman–Crippen LogP) is 5.50. The largest absolute Gasteiger partial charge is 0.335 e. The number of nitrogens with zero attached hydrogens (tertiary/aromatic N) is 3. The second-order valence-electron chi connectivity index (χ2n) is 11.5. The van der Waals surface area contributed by atoms with Crippen LogP contribution in [-0.2, 0) is 6.42 Å². The molecular formula is C33H38N4O2. The van der Waals surface area contributed by atoms with Gasteiger partial charge in [-0.25, -0.2) is 4.79 Å². The maximum Gasteiger partial charge on any atom is 0.326 e. The lowest BCUT2D eigenvalue weighted by Crippen LogP contribution is -2.54. The van der Waals surface area contributed by atoms with E-state index in [0.29, 0.717) is 6.04 Å². The topological polar surface area (TPSA) is 61.3 Å². The molecule has 2 aliphatic rings. The van der Waals surface area contributed by atoms with Crippen molar-refractivity contribution in [1.82, 2.24) is 19.4 Å². The molecule has 1 N–H and O–H groups in total. The van der Waals surface area contributed by atoms with Crippen molar-refractivity contribution in [2.24, 2.45) is 0 Å². The number of rotatable bonds is 5. The van der Waals surface area contributed by atoms with E-state index in [1.807, 2.05) is 41.0 Å². The van der Waals surface area contributed by atoms with Crippen molar-refractivity contribution in [3.05, 3.63) is 106 Å². The Labute approximate surface area is 230 Å². The Balaban J connectivity index is 1.18. The van der Waals surface area contributed by atoms with Gasteiger partial charge in [-0.1, -0.05) is 59.7 Å². The molecular weight excluding hydrogens is 484 g/mol. The van der Waals surface area contributed by atoms with Gasteiger partial charge in [-0.15, -0.1) is 0 Å². The van der Waals surface area contributed by atoms with Gasteiger partial charge in [-0.3, -0.25) is 9.36 Å². The minimum Gasteiger partial charge on any atom is -0.335 e. The van der Waals surface area contributed by atoms with Gasteiger partial charge in [0, 0.05) is 43.3 Å². The van der Waals surface area contributed by atoms with E-state index < -0.39 is 0 Å². The maximum absolute atomic E-state index is 13.8. The number of imidazole rings is 1. The number of benzene rings is 3. The lowest BCUT2D eigenvalue weighted by Gasteiger charge is -2.45. The smallest absolute Gasteiger partial charge is 0.326 e. The van der Waals surface area contributed by atoms with Gasteiger partial charge >= 0.3 is 5.69 Å². The minimum atomic E-state index is -0.00391. The van der Waals surface area contributed by atoms with Crippen LogP contribution in [0.25, 0.3) is 11.0 Å². The molecule has 2 saturated heterocycles. The van der Waals surface area contributed by atoms with Gasteiger partial charge in [0.25, 0.3) is 5.91 Å². The van der Waals surface area contributed by atoms with Crippen molar-refractivity contribution >= 4 is 16.9 Å². The van der Waals surface area contributed by atoms with Gasteiger partial charge in [-0.2, -0.15) is 0 Å². The van der Waals surface area contributed by atoms with Crippen LogP contribution in [0.2, 0.25) is 0 Å². The lowest BCUT2D eigenvalue weighted by molar-refractivity contribution is 0.0360. The van der Waals surface area contributed by atoms with Crippen molar-refractivity contribution in [3.8, 4) is 0 Å². The van der Waals surface area contributed by atoms with Crippen molar-refractivity contribution < 1.29 is 4.79 Å². The summed E-state index contributed by atoms with van der Waals surface area (Å²) in [4.78, 5) is 34.3. The highest BCUT2D eigenvalue weighted by Gasteiger charge is 2.36. The Bertz CT molecular complexity index is 1490. The first-order chi connectivity index (χ1) is 19.0. The number of aromatic amines is 1. The summed E-state index contributed by atoms with van der Waals surface area (Å²) >= 11 is 0. The molecule has 0 spiro atoms. The molecule has 39 heavy (non-hydrogen) atoms. The zero-order valence-electron chi connectivity index (χ0n) is 23.0. The van der Waals surface area contributed by atoms with E-state index in [4.69, 9.17) is 0 Å². The first-order valence-electron chi connectivity index (χ1n) is 14.3. The standard InChI is InChI=1S/C33H38N4O2/c1-23-18-24(2)20-26(19-23)32(38)36-17-14-28(22-29(36)21-25-8-4-3-5-9-25)35-15-12-27(13-16-35)37-31-11-7-6-10-30(31)34-33(37)39/h3-11,18-20,27-29H,12-17,21-22H2,1-2H3,(H,34,39). The van der Waals surface area contributed by atoms with Crippen LogP contribution in [-0.4, -0.2) is 57.0 Å². The fraction of sp³-hybridized carbons (Fsp3) is 0.394.